The monoisotopic (exact) mass is 332 g/mol. The zero-order chi connectivity index (χ0) is 17.5. The smallest absolute Gasteiger partial charge is 0.408 e. The van der Waals surface area contributed by atoms with E-state index in [9.17, 15) is 14.4 Å². The van der Waals surface area contributed by atoms with Crippen LogP contribution in [-0.4, -0.2) is 42.1 Å². The fourth-order valence-electron chi connectivity index (χ4n) is 2.31. The molecule has 0 saturated carbocycles. The molecule has 0 spiro atoms. The summed E-state index contributed by atoms with van der Waals surface area (Å²) in [7, 11) is 0. The van der Waals surface area contributed by atoms with E-state index in [0.29, 0.717) is 13.0 Å². The van der Waals surface area contributed by atoms with Crippen LogP contribution in [-0.2, 0) is 25.7 Å². The molecular formula is C17H20N2O5. The number of benzene rings is 1. The molecule has 1 N–H and O–H groups in total. The SMILES string of the molecule is C=C(C(=O)OCC)N1CC[C@H](NC(=O)OCc2ccccc2)C1=O. The van der Waals surface area contributed by atoms with E-state index < -0.39 is 24.0 Å². The van der Waals surface area contributed by atoms with Crippen LogP contribution in [0.25, 0.3) is 0 Å². The second-order valence-electron chi connectivity index (χ2n) is 5.20. The van der Waals surface area contributed by atoms with Crippen molar-refractivity contribution in [3.8, 4) is 0 Å². The maximum absolute atomic E-state index is 12.3. The number of hydrogen-bond acceptors (Lipinski definition) is 5. The fraction of sp³-hybridized carbons (Fsp3) is 0.353. The zero-order valence-electron chi connectivity index (χ0n) is 13.5. The lowest BCUT2D eigenvalue weighted by Gasteiger charge is -2.18. The summed E-state index contributed by atoms with van der Waals surface area (Å²) in [5.41, 5.74) is 0.825. The number of amides is 2. The van der Waals surface area contributed by atoms with Gasteiger partial charge in [-0.15, -0.1) is 0 Å². The number of esters is 1. The minimum atomic E-state index is -0.737. The first-order valence-corrected chi connectivity index (χ1v) is 7.67. The van der Waals surface area contributed by atoms with Crippen molar-refractivity contribution in [1.29, 1.82) is 0 Å². The number of carbonyl (C=O) groups excluding carboxylic acids is 3. The molecule has 2 amide bonds. The number of hydrogen-bond donors (Lipinski definition) is 1. The first kappa shape index (κ1) is 17.5. The van der Waals surface area contributed by atoms with Crippen molar-refractivity contribution in [2.45, 2.75) is 26.0 Å². The van der Waals surface area contributed by atoms with E-state index in [1.54, 1.807) is 6.92 Å². The summed E-state index contributed by atoms with van der Waals surface area (Å²) in [6.07, 6.45) is -0.307. The van der Waals surface area contributed by atoms with Gasteiger partial charge in [-0.3, -0.25) is 4.79 Å². The van der Waals surface area contributed by atoms with Gasteiger partial charge in [0.2, 0.25) is 5.91 Å². The quantitative estimate of drug-likeness (QED) is 0.632. The van der Waals surface area contributed by atoms with Crippen LogP contribution in [0.3, 0.4) is 0 Å². The van der Waals surface area contributed by atoms with Crippen molar-refractivity contribution in [2.24, 2.45) is 0 Å². The summed E-state index contributed by atoms with van der Waals surface area (Å²) in [4.78, 5) is 36.9. The minimum Gasteiger partial charge on any atom is -0.461 e. The highest BCUT2D eigenvalue weighted by atomic mass is 16.5. The van der Waals surface area contributed by atoms with Crippen LogP contribution in [0.15, 0.2) is 42.6 Å². The normalized spacial score (nSPS) is 16.6. The van der Waals surface area contributed by atoms with E-state index in [1.807, 2.05) is 30.3 Å². The summed E-state index contributed by atoms with van der Waals surface area (Å²) >= 11 is 0. The number of likely N-dealkylation sites (tertiary alicyclic amines) is 1. The Labute approximate surface area is 140 Å². The maximum Gasteiger partial charge on any atom is 0.408 e. The average molecular weight is 332 g/mol. The molecule has 24 heavy (non-hydrogen) atoms. The van der Waals surface area contributed by atoms with Crippen LogP contribution >= 0.6 is 0 Å². The largest absolute Gasteiger partial charge is 0.461 e. The summed E-state index contributed by atoms with van der Waals surface area (Å²) in [6.45, 7) is 5.86. The molecule has 1 aliphatic rings. The minimum absolute atomic E-state index is 0.0243. The third-order valence-electron chi connectivity index (χ3n) is 3.55. The van der Waals surface area contributed by atoms with Crippen LogP contribution in [0.4, 0.5) is 4.79 Å². The van der Waals surface area contributed by atoms with Crippen LogP contribution in [0.1, 0.15) is 18.9 Å². The highest BCUT2D eigenvalue weighted by Crippen LogP contribution is 2.17. The molecule has 0 radical (unpaired) electrons. The summed E-state index contributed by atoms with van der Waals surface area (Å²) in [6, 6.07) is 8.48. The number of carbonyl (C=O) groups is 3. The van der Waals surface area contributed by atoms with E-state index in [2.05, 4.69) is 11.9 Å². The van der Waals surface area contributed by atoms with Gasteiger partial charge in [0, 0.05) is 6.54 Å². The molecule has 1 aromatic rings. The van der Waals surface area contributed by atoms with Crippen LogP contribution < -0.4 is 5.32 Å². The summed E-state index contributed by atoms with van der Waals surface area (Å²) in [5.74, 6) is -1.04. The molecule has 0 bridgehead atoms. The Morgan fingerprint density at radius 3 is 2.67 bits per heavy atom. The number of rotatable bonds is 6. The molecule has 128 valence electrons. The van der Waals surface area contributed by atoms with Gasteiger partial charge >= 0.3 is 12.1 Å². The molecule has 2 rings (SSSR count). The Bertz CT molecular complexity index is 629. The van der Waals surface area contributed by atoms with Gasteiger partial charge in [0.1, 0.15) is 18.3 Å². The second-order valence-corrected chi connectivity index (χ2v) is 5.20. The van der Waals surface area contributed by atoms with Gasteiger partial charge in [-0.2, -0.15) is 0 Å². The zero-order valence-corrected chi connectivity index (χ0v) is 13.5. The molecule has 1 saturated heterocycles. The summed E-state index contributed by atoms with van der Waals surface area (Å²) < 4.78 is 9.91. The molecule has 7 heteroatoms. The Kier molecular flexibility index (Phi) is 5.95. The van der Waals surface area contributed by atoms with Gasteiger partial charge in [-0.05, 0) is 18.9 Å². The molecule has 0 aromatic heterocycles. The molecule has 1 aliphatic heterocycles. The number of nitrogens with zero attached hydrogens (tertiary/aromatic N) is 1. The highest BCUT2D eigenvalue weighted by Gasteiger charge is 2.36. The van der Waals surface area contributed by atoms with Gasteiger partial charge in [0.15, 0.2) is 0 Å². The Morgan fingerprint density at radius 1 is 1.29 bits per heavy atom. The standard InChI is InChI=1S/C17H20N2O5/c1-3-23-16(21)12(2)19-10-9-14(15(19)20)18-17(22)24-11-13-7-5-4-6-8-13/h4-8,14H,2-3,9-11H2,1H3,(H,18,22)/t14-/m0/s1. The number of nitrogens with one attached hydrogen (secondary N) is 1. The van der Waals surface area contributed by atoms with E-state index in [1.165, 1.54) is 4.90 Å². The molecule has 1 heterocycles. The third-order valence-corrected chi connectivity index (χ3v) is 3.55. The molecule has 1 atom stereocenters. The van der Waals surface area contributed by atoms with E-state index >= 15 is 0 Å². The predicted molar refractivity (Wildman–Crippen MR) is 85.7 cm³/mol. The molecular weight excluding hydrogens is 312 g/mol. The number of ether oxygens (including phenoxy) is 2. The van der Waals surface area contributed by atoms with Crippen molar-refractivity contribution in [1.82, 2.24) is 10.2 Å². The maximum atomic E-state index is 12.3. The van der Waals surface area contributed by atoms with E-state index in [-0.39, 0.29) is 18.9 Å². The lowest BCUT2D eigenvalue weighted by Crippen LogP contribution is -2.42. The van der Waals surface area contributed by atoms with E-state index in [4.69, 9.17) is 9.47 Å². The first-order chi connectivity index (χ1) is 11.5. The van der Waals surface area contributed by atoms with Crippen molar-refractivity contribution in [3.63, 3.8) is 0 Å². The van der Waals surface area contributed by atoms with Gasteiger partial charge in [-0.25, -0.2) is 9.59 Å². The Balaban J connectivity index is 1.83. The van der Waals surface area contributed by atoms with Crippen molar-refractivity contribution < 1.29 is 23.9 Å². The lowest BCUT2D eigenvalue weighted by atomic mass is 10.2. The van der Waals surface area contributed by atoms with Crippen molar-refractivity contribution in [3.05, 3.63) is 48.2 Å². The highest BCUT2D eigenvalue weighted by molar-refractivity contribution is 5.97. The van der Waals surface area contributed by atoms with Gasteiger partial charge in [0.05, 0.1) is 6.61 Å². The molecule has 7 nitrogen and oxygen atoms in total. The van der Waals surface area contributed by atoms with Gasteiger partial charge in [0.25, 0.3) is 0 Å². The molecule has 1 fully saturated rings. The second kappa shape index (κ2) is 8.14. The van der Waals surface area contributed by atoms with Gasteiger partial charge in [-0.1, -0.05) is 36.9 Å². The third kappa shape index (κ3) is 4.34. The molecule has 1 aromatic carbocycles. The predicted octanol–water partition coefficient (Wildman–Crippen LogP) is 1.59. The summed E-state index contributed by atoms with van der Waals surface area (Å²) in [5, 5.41) is 2.51. The Morgan fingerprint density at radius 2 is 2.00 bits per heavy atom. The molecule has 0 unspecified atom stereocenters. The first-order valence-electron chi connectivity index (χ1n) is 7.67. The van der Waals surface area contributed by atoms with Crippen LogP contribution in [0.5, 0.6) is 0 Å². The van der Waals surface area contributed by atoms with E-state index in [0.717, 1.165) is 5.56 Å². The van der Waals surface area contributed by atoms with Crippen molar-refractivity contribution >= 4 is 18.0 Å². The van der Waals surface area contributed by atoms with Crippen LogP contribution in [0.2, 0.25) is 0 Å². The van der Waals surface area contributed by atoms with Crippen molar-refractivity contribution in [2.75, 3.05) is 13.2 Å². The molecule has 0 aliphatic carbocycles. The topological polar surface area (TPSA) is 84.9 Å². The fourth-order valence-corrected chi connectivity index (χ4v) is 2.31. The average Bonchev–Trinajstić information content (AvgIpc) is 2.94. The van der Waals surface area contributed by atoms with Crippen LogP contribution in [0, 0.1) is 0 Å². The van der Waals surface area contributed by atoms with Gasteiger partial charge < -0.3 is 19.7 Å². The Hall–Kier alpha value is -2.83. The lowest BCUT2D eigenvalue weighted by molar-refractivity contribution is -0.143. The number of alkyl carbamates (subject to hydrolysis) is 1.